The molecule has 0 aliphatic rings. The van der Waals surface area contributed by atoms with E-state index < -0.39 is 40.4 Å². The van der Waals surface area contributed by atoms with Crippen LogP contribution in [0.15, 0.2) is 43.2 Å². The molecule has 8 nitrogen and oxygen atoms in total. The van der Waals surface area contributed by atoms with Gasteiger partial charge in [-0.05, 0) is 19.1 Å². The Morgan fingerprint density at radius 3 is 2.31 bits per heavy atom. The van der Waals surface area contributed by atoms with E-state index in [1.54, 1.807) is 6.92 Å². The topological polar surface area (TPSA) is 94.3 Å². The van der Waals surface area contributed by atoms with Gasteiger partial charge in [0.25, 0.3) is 0 Å². The molecule has 3 aromatic heterocycles. The van der Waals surface area contributed by atoms with Gasteiger partial charge in [-0.1, -0.05) is 5.21 Å². The van der Waals surface area contributed by atoms with Gasteiger partial charge in [-0.3, -0.25) is 4.98 Å². The van der Waals surface area contributed by atoms with Crippen LogP contribution in [0.25, 0.3) is 16.7 Å². The highest BCUT2D eigenvalue weighted by Crippen LogP contribution is 2.40. The zero-order valence-corrected chi connectivity index (χ0v) is 16.0. The Bertz CT molecular complexity index is 1250. The van der Waals surface area contributed by atoms with E-state index in [1.807, 2.05) is 0 Å². The van der Waals surface area contributed by atoms with E-state index in [2.05, 4.69) is 35.6 Å². The average Bonchev–Trinajstić information content (AvgIpc) is 3.26. The molecule has 0 bridgehead atoms. The average molecular weight is 454 g/mol. The number of fused-ring (bicyclic) bond motifs is 1. The van der Waals surface area contributed by atoms with Gasteiger partial charge in [-0.2, -0.15) is 26.3 Å². The fourth-order valence-corrected chi connectivity index (χ4v) is 3.08. The van der Waals surface area contributed by atoms with Crippen LogP contribution in [0.1, 0.15) is 29.8 Å². The lowest BCUT2D eigenvalue weighted by Crippen LogP contribution is -2.16. The summed E-state index contributed by atoms with van der Waals surface area (Å²) >= 11 is 0. The minimum atomic E-state index is -5.05. The van der Waals surface area contributed by atoms with E-state index in [1.165, 1.54) is 29.5 Å². The number of benzene rings is 1. The van der Waals surface area contributed by atoms with Gasteiger partial charge in [-0.25, -0.2) is 19.6 Å². The number of anilines is 1. The third-order valence-electron chi connectivity index (χ3n) is 4.48. The lowest BCUT2D eigenvalue weighted by Gasteiger charge is -2.19. The molecule has 0 saturated carbocycles. The molecule has 32 heavy (non-hydrogen) atoms. The summed E-state index contributed by atoms with van der Waals surface area (Å²) in [6, 6.07) is -0.118. The molecule has 0 aliphatic carbocycles. The normalized spacial score (nSPS) is 13.3. The highest BCUT2D eigenvalue weighted by atomic mass is 19.4. The van der Waals surface area contributed by atoms with E-state index in [9.17, 15) is 26.3 Å². The van der Waals surface area contributed by atoms with Gasteiger partial charge in [0.05, 0.1) is 35.1 Å². The van der Waals surface area contributed by atoms with Crippen molar-refractivity contribution in [3.8, 4) is 5.82 Å². The van der Waals surface area contributed by atoms with E-state index in [0.717, 1.165) is 6.33 Å². The van der Waals surface area contributed by atoms with Crippen molar-refractivity contribution < 1.29 is 26.3 Å². The van der Waals surface area contributed by atoms with Crippen molar-refractivity contribution in [2.24, 2.45) is 0 Å². The first kappa shape index (κ1) is 21.4. The Labute approximate surface area is 175 Å². The predicted octanol–water partition coefficient (Wildman–Crippen LogP) is 4.21. The molecule has 0 aliphatic heterocycles. The summed E-state index contributed by atoms with van der Waals surface area (Å²) in [4.78, 5) is 15.8. The summed E-state index contributed by atoms with van der Waals surface area (Å²) in [6.07, 6.45) is -3.51. The Morgan fingerprint density at radius 1 is 0.906 bits per heavy atom. The number of nitrogens with one attached hydrogen (secondary N) is 1. The van der Waals surface area contributed by atoms with Crippen LogP contribution < -0.4 is 5.32 Å². The van der Waals surface area contributed by atoms with Crippen molar-refractivity contribution in [1.82, 2.24) is 34.9 Å². The summed E-state index contributed by atoms with van der Waals surface area (Å²) in [7, 11) is 0. The highest BCUT2D eigenvalue weighted by molar-refractivity contribution is 5.92. The van der Waals surface area contributed by atoms with Crippen LogP contribution in [0.5, 0.6) is 0 Å². The molecule has 0 spiro atoms. The van der Waals surface area contributed by atoms with Crippen molar-refractivity contribution in [3.63, 3.8) is 0 Å². The molecule has 1 unspecified atom stereocenters. The molecule has 0 saturated heterocycles. The first-order valence-electron chi connectivity index (χ1n) is 8.93. The first-order chi connectivity index (χ1) is 15.1. The zero-order chi connectivity index (χ0) is 23.1. The van der Waals surface area contributed by atoms with Crippen molar-refractivity contribution >= 4 is 16.7 Å². The van der Waals surface area contributed by atoms with Gasteiger partial charge in [0, 0.05) is 17.8 Å². The molecule has 4 aromatic rings. The highest BCUT2D eigenvalue weighted by Gasteiger charge is 2.39. The van der Waals surface area contributed by atoms with E-state index in [4.69, 9.17) is 0 Å². The van der Waals surface area contributed by atoms with Crippen molar-refractivity contribution in [1.29, 1.82) is 0 Å². The summed E-state index contributed by atoms with van der Waals surface area (Å²) in [5.74, 6) is 0.0459. The summed E-state index contributed by atoms with van der Waals surface area (Å²) in [5.41, 5.74) is -3.33. The second-order valence-corrected chi connectivity index (χ2v) is 6.62. The van der Waals surface area contributed by atoms with Crippen LogP contribution in [0.4, 0.5) is 32.2 Å². The third kappa shape index (κ3) is 4.02. The van der Waals surface area contributed by atoms with Crippen molar-refractivity contribution in [3.05, 3.63) is 60.1 Å². The number of alkyl halides is 6. The molecule has 1 atom stereocenters. The summed E-state index contributed by atoms with van der Waals surface area (Å²) in [6.45, 7) is 1.59. The fraction of sp³-hybridized carbons (Fsp3) is 0.222. The van der Waals surface area contributed by atoms with Gasteiger partial charge in [-0.15, -0.1) is 5.10 Å². The number of rotatable bonds is 4. The molecule has 0 radical (unpaired) electrons. The van der Waals surface area contributed by atoms with Crippen LogP contribution in [0, 0.1) is 0 Å². The first-order valence-corrected chi connectivity index (χ1v) is 8.93. The van der Waals surface area contributed by atoms with E-state index >= 15 is 0 Å². The maximum Gasteiger partial charge on any atom is 0.418 e. The number of halogens is 6. The molecule has 14 heteroatoms. The van der Waals surface area contributed by atoms with Gasteiger partial charge in [0.15, 0.2) is 5.82 Å². The number of hydrogen-bond donors (Lipinski definition) is 1. The minimum Gasteiger partial charge on any atom is -0.361 e. The standard InChI is InChI=1S/C18H12F6N8/c1-9(13-16(26-3-2-25-13)32-5-4-29-31-32)30-15-11-6-10(17(19,20)21)7-12(18(22,23)24)14(11)27-8-28-15/h2-9H,1H3,(H,27,28,30). The number of aromatic nitrogens is 7. The van der Waals surface area contributed by atoms with Gasteiger partial charge in [0.1, 0.15) is 17.8 Å². The van der Waals surface area contributed by atoms with Crippen LogP contribution in [0.3, 0.4) is 0 Å². The van der Waals surface area contributed by atoms with Crippen LogP contribution in [0.2, 0.25) is 0 Å². The molecule has 4 rings (SSSR count). The maximum atomic E-state index is 13.5. The molecular weight excluding hydrogens is 442 g/mol. The van der Waals surface area contributed by atoms with Gasteiger partial charge < -0.3 is 5.32 Å². The largest absolute Gasteiger partial charge is 0.418 e. The molecule has 166 valence electrons. The van der Waals surface area contributed by atoms with Gasteiger partial charge >= 0.3 is 12.4 Å². The SMILES string of the molecule is CC(Nc1ncnc2c(C(F)(F)F)cc(C(F)(F)F)cc12)c1nccnc1-n1ccnn1. The molecule has 0 amide bonds. The quantitative estimate of drug-likeness (QED) is 0.462. The molecule has 1 aromatic carbocycles. The lowest BCUT2D eigenvalue weighted by atomic mass is 10.0. The smallest absolute Gasteiger partial charge is 0.361 e. The second-order valence-electron chi connectivity index (χ2n) is 6.62. The molecule has 0 fully saturated rings. The summed E-state index contributed by atoms with van der Waals surface area (Å²) < 4.78 is 81.6. The Balaban J connectivity index is 1.83. The van der Waals surface area contributed by atoms with Crippen LogP contribution in [-0.2, 0) is 12.4 Å². The maximum absolute atomic E-state index is 13.5. The Morgan fingerprint density at radius 2 is 1.66 bits per heavy atom. The molecule has 1 N–H and O–H groups in total. The van der Waals surface area contributed by atoms with Gasteiger partial charge in [0.2, 0.25) is 0 Å². The predicted molar refractivity (Wildman–Crippen MR) is 98.5 cm³/mol. The Hall–Kier alpha value is -3.84. The monoisotopic (exact) mass is 454 g/mol. The van der Waals surface area contributed by atoms with E-state index in [0.29, 0.717) is 11.8 Å². The zero-order valence-electron chi connectivity index (χ0n) is 16.0. The van der Waals surface area contributed by atoms with Crippen LogP contribution >= 0.6 is 0 Å². The lowest BCUT2D eigenvalue weighted by molar-refractivity contribution is -0.142. The molecular formula is C18H12F6N8. The molecule has 3 heterocycles. The van der Waals surface area contributed by atoms with Crippen molar-refractivity contribution in [2.45, 2.75) is 25.3 Å². The minimum absolute atomic E-state index is 0.0357. The Kier molecular flexibility index (Phi) is 5.14. The fourth-order valence-electron chi connectivity index (χ4n) is 3.08. The number of hydrogen-bond acceptors (Lipinski definition) is 7. The van der Waals surface area contributed by atoms with Crippen LogP contribution in [-0.4, -0.2) is 34.9 Å². The van der Waals surface area contributed by atoms with Crippen molar-refractivity contribution in [2.75, 3.05) is 5.32 Å². The summed E-state index contributed by atoms with van der Waals surface area (Å²) in [5, 5.41) is 9.88. The van der Waals surface area contributed by atoms with E-state index in [-0.39, 0.29) is 17.7 Å². The number of nitrogens with zero attached hydrogens (tertiary/aromatic N) is 7. The second kappa shape index (κ2) is 7.69. The third-order valence-corrected chi connectivity index (χ3v) is 4.48.